The van der Waals surface area contributed by atoms with Crippen LogP contribution in [0.2, 0.25) is 5.02 Å². The van der Waals surface area contributed by atoms with E-state index < -0.39 is 17.1 Å². The molecule has 0 unspecified atom stereocenters. The normalized spacial score (nSPS) is 11.5. The molecule has 0 saturated heterocycles. The first kappa shape index (κ1) is 21.2. The molecule has 4 aromatic heterocycles. The number of nitrogens with zero attached hydrogens (tertiary/aromatic N) is 2. The smallest absolute Gasteiger partial charge is 0.333 e. The highest BCUT2D eigenvalue weighted by molar-refractivity contribution is 7.99. The lowest BCUT2D eigenvalue weighted by Crippen LogP contribution is -2.33. The van der Waals surface area contributed by atoms with Crippen molar-refractivity contribution in [2.45, 2.75) is 4.90 Å². The summed E-state index contributed by atoms with van der Waals surface area (Å²) in [6, 6.07) is 4.29. The Labute approximate surface area is 197 Å². The van der Waals surface area contributed by atoms with Crippen molar-refractivity contribution in [3.63, 3.8) is 0 Å². The quantitative estimate of drug-likeness (QED) is 0.324. The fourth-order valence-corrected chi connectivity index (χ4v) is 6.70. The third-order valence-electron chi connectivity index (χ3n) is 4.97. The van der Waals surface area contributed by atoms with E-state index in [4.69, 9.17) is 16.3 Å². The van der Waals surface area contributed by atoms with E-state index in [-0.39, 0.29) is 10.8 Å². The van der Waals surface area contributed by atoms with E-state index in [0.717, 1.165) is 37.0 Å². The molecule has 5 rings (SSSR count). The molecular weight excluding hydrogens is 493 g/mol. The molecule has 1 N–H and O–H groups in total. The number of rotatable bonds is 4. The summed E-state index contributed by atoms with van der Waals surface area (Å²) in [6.45, 7) is 0. The number of hydrogen-bond acceptors (Lipinski definition) is 7. The predicted molar refractivity (Wildman–Crippen MR) is 130 cm³/mol. The topological polar surface area (TPSA) is 77.0 Å². The minimum absolute atomic E-state index is 0.0348. The van der Waals surface area contributed by atoms with Crippen LogP contribution in [0.15, 0.2) is 50.5 Å². The van der Waals surface area contributed by atoms with E-state index in [0.29, 0.717) is 26.3 Å². The Morgan fingerprint density at radius 2 is 2.06 bits per heavy atom. The van der Waals surface area contributed by atoms with Crippen LogP contribution in [0, 0.1) is 5.82 Å². The first-order valence-corrected chi connectivity index (χ1v) is 12.4. The third kappa shape index (κ3) is 3.25. The molecule has 162 valence electrons. The fraction of sp³-hybridized carbons (Fsp3) is 0.0952. The second kappa shape index (κ2) is 8.04. The van der Waals surface area contributed by atoms with Crippen LogP contribution in [0.4, 0.5) is 4.39 Å². The maximum absolute atomic E-state index is 14.0. The highest BCUT2D eigenvalue weighted by Crippen LogP contribution is 2.39. The molecule has 0 amide bonds. The summed E-state index contributed by atoms with van der Waals surface area (Å²) in [5, 5.41) is 2.97. The average molecular weight is 506 g/mol. The first-order valence-electron chi connectivity index (χ1n) is 9.14. The van der Waals surface area contributed by atoms with Crippen molar-refractivity contribution < 1.29 is 9.13 Å². The summed E-state index contributed by atoms with van der Waals surface area (Å²) in [7, 11) is 1.36. The molecule has 0 bridgehead atoms. The molecule has 0 atom stereocenters. The molecule has 11 heteroatoms. The van der Waals surface area contributed by atoms with Gasteiger partial charge in [0, 0.05) is 32.3 Å². The Morgan fingerprint density at radius 3 is 2.81 bits per heavy atom. The molecule has 0 radical (unpaired) electrons. The summed E-state index contributed by atoms with van der Waals surface area (Å²) in [6.07, 6.45) is 5.18. The van der Waals surface area contributed by atoms with E-state index in [2.05, 4.69) is 9.97 Å². The number of fused-ring (bicyclic) bond motifs is 2. The maximum atomic E-state index is 14.0. The van der Waals surface area contributed by atoms with Crippen molar-refractivity contribution in [3.8, 4) is 21.9 Å². The molecule has 1 aromatic carbocycles. The summed E-state index contributed by atoms with van der Waals surface area (Å²) in [5.74, 6) is -0.549. The Morgan fingerprint density at radius 1 is 1.25 bits per heavy atom. The van der Waals surface area contributed by atoms with Crippen LogP contribution in [-0.4, -0.2) is 27.9 Å². The van der Waals surface area contributed by atoms with Gasteiger partial charge in [0.15, 0.2) is 11.6 Å². The lowest BCUT2D eigenvalue weighted by atomic mass is 10.1. The summed E-state index contributed by atoms with van der Waals surface area (Å²) < 4.78 is 21.3. The van der Waals surface area contributed by atoms with Crippen molar-refractivity contribution in [3.05, 3.63) is 67.7 Å². The molecule has 6 nitrogen and oxygen atoms in total. The third-order valence-corrected chi connectivity index (χ3v) is 8.27. The number of thiophene rings is 2. The van der Waals surface area contributed by atoms with Gasteiger partial charge in [0.1, 0.15) is 4.70 Å². The number of nitrogens with one attached hydrogen (secondary N) is 1. The Hall–Kier alpha value is -2.66. The number of methoxy groups -OCH3 is 1. The number of aromatic nitrogens is 3. The van der Waals surface area contributed by atoms with E-state index in [9.17, 15) is 14.0 Å². The zero-order chi connectivity index (χ0) is 22.6. The van der Waals surface area contributed by atoms with Gasteiger partial charge < -0.3 is 9.72 Å². The zero-order valence-electron chi connectivity index (χ0n) is 16.6. The molecule has 5 aromatic rings. The van der Waals surface area contributed by atoms with Gasteiger partial charge in [0.2, 0.25) is 0 Å². The minimum atomic E-state index is -0.584. The Bertz CT molecular complexity index is 1640. The Kier molecular flexibility index (Phi) is 5.32. The van der Waals surface area contributed by atoms with Crippen molar-refractivity contribution in [2.24, 2.45) is 0 Å². The van der Waals surface area contributed by atoms with Gasteiger partial charge in [-0.3, -0.25) is 9.78 Å². The highest BCUT2D eigenvalue weighted by atomic mass is 35.5. The lowest BCUT2D eigenvalue weighted by Gasteiger charge is -2.07. The largest absolute Gasteiger partial charge is 0.494 e. The number of H-pyrrole nitrogens is 1. The zero-order valence-corrected chi connectivity index (χ0v) is 19.8. The minimum Gasteiger partial charge on any atom is -0.494 e. The highest BCUT2D eigenvalue weighted by Gasteiger charge is 2.19. The van der Waals surface area contributed by atoms with Crippen LogP contribution < -0.4 is 16.0 Å². The number of halogens is 2. The van der Waals surface area contributed by atoms with Crippen LogP contribution in [0.5, 0.6) is 5.75 Å². The standard InChI is InChI=1S/C21H13ClFN3O3S3/c1-29-14-3-9(10(22)4-11(14)23)15-5-12-19(32-15)20(27)26(21(28)25-12)13-6-24-7-16-18(13)17(30-2)8-31-16/h3-8H,1-2H3,(H,25,28). The maximum Gasteiger partial charge on any atom is 0.333 e. The molecular formula is C21H13ClFN3O3S3. The monoisotopic (exact) mass is 505 g/mol. The average Bonchev–Trinajstić information content (AvgIpc) is 3.38. The first-order chi connectivity index (χ1) is 15.4. The Balaban J connectivity index is 1.77. The van der Waals surface area contributed by atoms with Gasteiger partial charge in [-0.1, -0.05) is 11.6 Å². The number of ether oxygens (including phenoxy) is 1. The van der Waals surface area contributed by atoms with Crippen molar-refractivity contribution in [1.82, 2.24) is 14.5 Å². The van der Waals surface area contributed by atoms with E-state index in [1.807, 2.05) is 11.6 Å². The van der Waals surface area contributed by atoms with Crippen LogP contribution >= 0.6 is 46.0 Å². The summed E-state index contributed by atoms with van der Waals surface area (Å²) >= 11 is 10.5. The SMILES string of the molecule is COc1cc(-c2cc3[nH]c(=O)n(-c4cncc5scc(SC)c45)c(=O)c3s2)c(Cl)cc1F. The lowest BCUT2D eigenvalue weighted by molar-refractivity contribution is 0.387. The van der Waals surface area contributed by atoms with Gasteiger partial charge >= 0.3 is 5.69 Å². The summed E-state index contributed by atoms with van der Waals surface area (Å²) in [4.78, 5) is 35.0. The van der Waals surface area contributed by atoms with Crippen molar-refractivity contribution >= 4 is 66.3 Å². The van der Waals surface area contributed by atoms with E-state index >= 15 is 0 Å². The fourth-order valence-electron chi connectivity index (χ4n) is 3.50. The van der Waals surface area contributed by atoms with Gasteiger partial charge in [0.25, 0.3) is 5.56 Å². The number of aromatic amines is 1. The number of pyridine rings is 1. The molecule has 0 aliphatic heterocycles. The van der Waals surface area contributed by atoms with Gasteiger partial charge in [-0.2, -0.15) is 0 Å². The van der Waals surface area contributed by atoms with Crippen LogP contribution in [0.25, 0.3) is 36.4 Å². The molecule has 0 fully saturated rings. The second-order valence-electron chi connectivity index (χ2n) is 6.73. The number of benzene rings is 1. The molecule has 0 aliphatic rings. The predicted octanol–water partition coefficient (Wildman–Crippen LogP) is 5.54. The van der Waals surface area contributed by atoms with E-state index in [1.54, 1.807) is 12.3 Å². The molecule has 0 saturated carbocycles. The van der Waals surface area contributed by atoms with Gasteiger partial charge in [-0.25, -0.2) is 13.8 Å². The van der Waals surface area contributed by atoms with Gasteiger partial charge in [-0.05, 0) is 24.5 Å². The van der Waals surface area contributed by atoms with Crippen molar-refractivity contribution in [1.29, 1.82) is 0 Å². The summed E-state index contributed by atoms with van der Waals surface area (Å²) in [5.41, 5.74) is 0.285. The van der Waals surface area contributed by atoms with E-state index in [1.165, 1.54) is 42.5 Å². The molecule has 32 heavy (non-hydrogen) atoms. The van der Waals surface area contributed by atoms with Gasteiger partial charge in [0.05, 0.1) is 34.2 Å². The molecule has 0 aliphatic carbocycles. The van der Waals surface area contributed by atoms with Gasteiger partial charge in [-0.15, -0.1) is 34.4 Å². The second-order valence-corrected chi connectivity index (χ2v) is 9.95. The van der Waals surface area contributed by atoms with Crippen LogP contribution in [0.3, 0.4) is 0 Å². The number of thioether (sulfide) groups is 1. The van der Waals surface area contributed by atoms with Crippen molar-refractivity contribution in [2.75, 3.05) is 13.4 Å². The van der Waals surface area contributed by atoms with Crippen LogP contribution in [-0.2, 0) is 0 Å². The molecule has 4 heterocycles. The van der Waals surface area contributed by atoms with Crippen LogP contribution in [0.1, 0.15) is 0 Å². The number of hydrogen-bond donors (Lipinski definition) is 1. The molecule has 0 spiro atoms.